The Morgan fingerprint density at radius 1 is 1.18 bits per heavy atom. The van der Waals surface area contributed by atoms with Crippen LogP contribution in [0.3, 0.4) is 0 Å². The number of hydrogen-bond acceptors (Lipinski definition) is 5. The third-order valence-corrected chi connectivity index (χ3v) is 5.63. The maximum Gasteiger partial charge on any atom is 0.337 e. The first-order valence-electron chi connectivity index (χ1n) is 10.5. The molecule has 0 atom stereocenters. The molecular formula is C25H22ClN3O5. The highest BCUT2D eigenvalue weighted by Gasteiger charge is 2.15. The number of carbonyl (C=O) groups excluding carboxylic acids is 1. The smallest absolute Gasteiger partial charge is 0.337 e. The quantitative estimate of drug-likeness (QED) is 0.274. The maximum absolute atomic E-state index is 12.5. The SMILES string of the molecule is CCOc1ccc2oc(C(=O)N/N=C/c3cc(C)n(-c4ccc(Cl)c(C(=O)O)c4)c3C)cc2c1. The molecule has 2 N–H and O–H groups in total. The van der Waals surface area contributed by atoms with Crippen molar-refractivity contribution in [3.8, 4) is 11.4 Å². The van der Waals surface area contributed by atoms with Crippen molar-refractivity contribution in [2.24, 2.45) is 5.10 Å². The number of aromatic nitrogens is 1. The van der Waals surface area contributed by atoms with E-state index >= 15 is 0 Å². The molecule has 0 aliphatic heterocycles. The van der Waals surface area contributed by atoms with E-state index in [9.17, 15) is 14.7 Å². The highest BCUT2D eigenvalue weighted by atomic mass is 35.5. The standard InChI is InChI=1S/C25H22ClN3O5/c1-4-33-19-6-8-22-16(10-19)11-23(34-22)24(30)28-27-13-17-9-14(2)29(15(17)3)18-5-7-21(26)20(12-18)25(31)32/h5-13H,4H2,1-3H3,(H,28,30)(H,31,32)/b27-13+. The van der Waals surface area contributed by atoms with Gasteiger partial charge in [-0.3, -0.25) is 4.79 Å². The molecule has 1 amide bonds. The molecule has 9 heteroatoms. The lowest BCUT2D eigenvalue weighted by Crippen LogP contribution is -2.16. The summed E-state index contributed by atoms with van der Waals surface area (Å²) in [5.41, 5.74) is 6.18. The van der Waals surface area contributed by atoms with Crippen LogP contribution in [0.5, 0.6) is 5.75 Å². The predicted molar refractivity (Wildman–Crippen MR) is 130 cm³/mol. The summed E-state index contributed by atoms with van der Waals surface area (Å²) >= 11 is 5.99. The molecule has 174 valence electrons. The van der Waals surface area contributed by atoms with Gasteiger partial charge < -0.3 is 18.8 Å². The van der Waals surface area contributed by atoms with Gasteiger partial charge in [-0.15, -0.1) is 0 Å². The van der Waals surface area contributed by atoms with Crippen LogP contribution in [-0.4, -0.2) is 34.4 Å². The molecule has 0 bridgehead atoms. The van der Waals surface area contributed by atoms with Crippen molar-refractivity contribution in [3.63, 3.8) is 0 Å². The zero-order valence-corrected chi connectivity index (χ0v) is 19.5. The molecule has 0 radical (unpaired) electrons. The van der Waals surface area contributed by atoms with Crippen LogP contribution in [0, 0.1) is 13.8 Å². The Bertz CT molecular complexity index is 1430. The molecule has 0 aliphatic rings. The van der Waals surface area contributed by atoms with E-state index in [0.29, 0.717) is 23.6 Å². The van der Waals surface area contributed by atoms with Crippen molar-refractivity contribution in [1.82, 2.24) is 9.99 Å². The van der Waals surface area contributed by atoms with Gasteiger partial charge in [-0.05, 0) is 69.3 Å². The number of furan rings is 1. The molecule has 0 saturated carbocycles. The molecule has 0 fully saturated rings. The van der Waals surface area contributed by atoms with Gasteiger partial charge in [0.25, 0.3) is 0 Å². The van der Waals surface area contributed by atoms with E-state index in [4.69, 9.17) is 20.8 Å². The number of benzene rings is 2. The molecule has 2 aromatic carbocycles. The summed E-state index contributed by atoms with van der Waals surface area (Å²) in [5.74, 6) is -0.748. The van der Waals surface area contributed by atoms with Crippen LogP contribution in [-0.2, 0) is 0 Å². The molecule has 4 aromatic rings. The predicted octanol–water partition coefficient (Wildman–Crippen LogP) is 5.35. The van der Waals surface area contributed by atoms with Gasteiger partial charge in [-0.1, -0.05) is 11.6 Å². The van der Waals surface area contributed by atoms with Gasteiger partial charge in [0, 0.05) is 28.0 Å². The Kier molecular flexibility index (Phi) is 6.43. The van der Waals surface area contributed by atoms with Crippen molar-refractivity contribution in [3.05, 3.63) is 81.8 Å². The average molecular weight is 480 g/mol. The van der Waals surface area contributed by atoms with E-state index in [-0.39, 0.29) is 16.3 Å². The van der Waals surface area contributed by atoms with E-state index < -0.39 is 11.9 Å². The first kappa shape index (κ1) is 23.1. The number of rotatable bonds is 7. The zero-order valence-electron chi connectivity index (χ0n) is 18.8. The van der Waals surface area contributed by atoms with Gasteiger partial charge in [-0.25, -0.2) is 10.2 Å². The Morgan fingerprint density at radius 2 is 1.97 bits per heavy atom. The first-order valence-corrected chi connectivity index (χ1v) is 10.9. The maximum atomic E-state index is 12.5. The number of nitrogens with zero attached hydrogens (tertiary/aromatic N) is 2. The molecule has 0 aliphatic carbocycles. The number of carboxylic acid groups (broad SMARTS) is 1. The van der Waals surface area contributed by atoms with Crippen LogP contribution in [0.2, 0.25) is 5.02 Å². The van der Waals surface area contributed by atoms with Gasteiger partial charge in [0.2, 0.25) is 0 Å². The second-order valence-electron chi connectivity index (χ2n) is 7.57. The number of aromatic carboxylic acids is 1. The van der Waals surface area contributed by atoms with E-state index in [1.54, 1.807) is 30.3 Å². The van der Waals surface area contributed by atoms with Crippen LogP contribution < -0.4 is 10.2 Å². The molecule has 0 saturated heterocycles. The van der Waals surface area contributed by atoms with Crippen molar-refractivity contribution in [1.29, 1.82) is 0 Å². The number of aryl methyl sites for hydroxylation is 1. The second kappa shape index (κ2) is 9.44. The zero-order chi connectivity index (χ0) is 24.4. The molecular weight excluding hydrogens is 458 g/mol. The van der Waals surface area contributed by atoms with E-state index in [1.807, 2.05) is 37.5 Å². The van der Waals surface area contributed by atoms with Gasteiger partial charge in [0.1, 0.15) is 11.3 Å². The van der Waals surface area contributed by atoms with Gasteiger partial charge >= 0.3 is 11.9 Å². The van der Waals surface area contributed by atoms with Gasteiger partial charge in [-0.2, -0.15) is 5.10 Å². The number of ether oxygens (including phenoxy) is 1. The molecule has 2 aromatic heterocycles. The molecule has 8 nitrogen and oxygen atoms in total. The summed E-state index contributed by atoms with van der Waals surface area (Å²) < 4.78 is 13.0. The fraction of sp³-hybridized carbons (Fsp3) is 0.160. The Balaban J connectivity index is 1.53. The van der Waals surface area contributed by atoms with E-state index in [1.165, 1.54) is 12.3 Å². The second-order valence-corrected chi connectivity index (χ2v) is 7.98. The first-order chi connectivity index (χ1) is 16.3. The number of amides is 1. The van der Waals surface area contributed by atoms with Crippen molar-refractivity contribution < 1.29 is 23.8 Å². The van der Waals surface area contributed by atoms with E-state index in [2.05, 4.69) is 10.5 Å². The minimum Gasteiger partial charge on any atom is -0.494 e. The fourth-order valence-electron chi connectivity index (χ4n) is 3.74. The van der Waals surface area contributed by atoms with Crippen molar-refractivity contribution in [2.75, 3.05) is 6.61 Å². The Hall–Kier alpha value is -4.04. The summed E-state index contributed by atoms with van der Waals surface area (Å²) in [6.45, 7) is 6.21. The summed E-state index contributed by atoms with van der Waals surface area (Å²) in [4.78, 5) is 23.9. The van der Waals surface area contributed by atoms with Crippen LogP contribution in [0.25, 0.3) is 16.7 Å². The van der Waals surface area contributed by atoms with Gasteiger partial charge in [0.15, 0.2) is 5.76 Å². The summed E-state index contributed by atoms with van der Waals surface area (Å²) in [7, 11) is 0. The minimum atomic E-state index is -1.10. The van der Waals surface area contributed by atoms with Crippen LogP contribution >= 0.6 is 11.6 Å². The molecule has 0 spiro atoms. The number of carboxylic acids is 1. The lowest BCUT2D eigenvalue weighted by atomic mass is 10.2. The number of nitrogens with one attached hydrogen (secondary N) is 1. The molecule has 4 rings (SSSR count). The summed E-state index contributed by atoms with van der Waals surface area (Å²) in [6, 6.07) is 13.7. The van der Waals surface area contributed by atoms with Crippen LogP contribution in [0.1, 0.15) is 44.8 Å². The third kappa shape index (κ3) is 4.53. The monoisotopic (exact) mass is 479 g/mol. The fourth-order valence-corrected chi connectivity index (χ4v) is 3.94. The lowest BCUT2D eigenvalue weighted by molar-refractivity contribution is 0.0696. The molecule has 34 heavy (non-hydrogen) atoms. The van der Waals surface area contributed by atoms with Crippen molar-refractivity contribution in [2.45, 2.75) is 20.8 Å². The number of fused-ring (bicyclic) bond motifs is 1. The third-order valence-electron chi connectivity index (χ3n) is 5.30. The molecule has 2 heterocycles. The minimum absolute atomic E-state index is 0.0216. The van der Waals surface area contributed by atoms with Crippen molar-refractivity contribution >= 4 is 40.7 Å². The van der Waals surface area contributed by atoms with Gasteiger partial charge in [0.05, 0.1) is 23.4 Å². The highest BCUT2D eigenvalue weighted by Crippen LogP contribution is 2.26. The number of halogens is 1. The largest absolute Gasteiger partial charge is 0.494 e. The average Bonchev–Trinajstić information content (AvgIpc) is 3.34. The van der Waals surface area contributed by atoms with E-state index in [0.717, 1.165) is 22.3 Å². The summed E-state index contributed by atoms with van der Waals surface area (Å²) in [6.07, 6.45) is 1.53. The number of hydrazone groups is 1. The normalized spacial score (nSPS) is 11.3. The Morgan fingerprint density at radius 3 is 2.71 bits per heavy atom. The van der Waals surface area contributed by atoms with Crippen LogP contribution in [0.15, 0.2) is 58.0 Å². The number of hydrogen-bond donors (Lipinski definition) is 2. The number of carbonyl (C=O) groups is 2. The topological polar surface area (TPSA) is 106 Å². The highest BCUT2D eigenvalue weighted by molar-refractivity contribution is 6.33. The molecule has 0 unspecified atom stereocenters. The Labute approximate surface area is 200 Å². The lowest BCUT2D eigenvalue weighted by Gasteiger charge is -2.11. The summed E-state index contributed by atoms with van der Waals surface area (Å²) in [5, 5.41) is 14.4. The van der Waals surface area contributed by atoms with Crippen LogP contribution in [0.4, 0.5) is 0 Å².